The van der Waals surface area contributed by atoms with Crippen LogP contribution in [0.5, 0.6) is 0 Å². The quantitative estimate of drug-likeness (QED) is 0.927. The van der Waals surface area contributed by atoms with Crippen LogP contribution in [0.2, 0.25) is 0 Å². The third-order valence-electron chi connectivity index (χ3n) is 3.84. The second-order valence-corrected chi connectivity index (χ2v) is 5.94. The molecule has 0 aromatic heterocycles. The zero-order valence-electron chi connectivity index (χ0n) is 12.7. The van der Waals surface area contributed by atoms with Gasteiger partial charge in [-0.15, -0.1) is 0 Å². The van der Waals surface area contributed by atoms with E-state index < -0.39 is 12.0 Å². The summed E-state index contributed by atoms with van der Waals surface area (Å²) < 4.78 is 0. The summed E-state index contributed by atoms with van der Waals surface area (Å²) in [6, 6.07) is 6.34. The number of para-hydroxylation sites is 1. The monoisotopic (exact) mass is 290 g/mol. The molecule has 0 bridgehead atoms. The highest BCUT2D eigenvalue weighted by atomic mass is 16.4. The second-order valence-electron chi connectivity index (χ2n) is 5.94. The van der Waals surface area contributed by atoms with E-state index in [-0.39, 0.29) is 6.03 Å². The Hall–Kier alpha value is -2.04. The maximum atomic E-state index is 12.6. The van der Waals surface area contributed by atoms with Gasteiger partial charge in [0, 0.05) is 25.7 Å². The molecule has 0 radical (unpaired) electrons. The Bertz CT molecular complexity index is 542. The van der Waals surface area contributed by atoms with Crippen LogP contribution in [0.3, 0.4) is 0 Å². The number of carboxylic acids is 1. The molecular weight excluding hydrogens is 268 g/mol. The smallest absolute Gasteiger partial charge is 0.327 e. The molecule has 0 spiro atoms. The Morgan fingerprint density at radius 3 is 2.67 bits per heavy atom. The Kier molecular flexibility index (Phi) is 4.50. The fourth-order valence-corrected chi connectivity index (χ4v) is 2.55. The highest BCUT2D eigenvalue weighted by Gasteiger charge is 2.39. The van der Waals surface area contributed by atoms with Gasteiger partial charge in [-0.1, -0.05) is 32.0 Å². The summed E-state index contributed by atoms with van der Waals surface area (Å²) in [5.74, 6) is -0.460. The molecule has 0 saturated carbocycles. The lowest BCUT2D eigenvalue weighted by Crippen LogP contribution is -2.48. The van der Waals surface area contributed by atoms with Crippen LogP contribution < -0.4 is 4.90 Å². The van der Waals surface area contributed by atoms with E-state index in [1.54, 1.807) is 11.9 Å². The molecule has 1 aromatic carbocycles. The number of aliphatic carboxylic acids is 1. The number of hydrogen-bond donors (Lipinski definition) is 1. The minimum atomic E-state index is -0.961. The van der Waals surface area contributed by atoms with Crippen LogP contribution in [0.1, 0.15) is 25.8 Å². The van der Waals surface area contributed by atoms with Crippen molar-refractivity contribution >= 4 is 17.7 Å². The molecule has 5 nitrogen and oxygen atoms in total. The Morgan fingerprint density at radius 1 is 1.38 bits per heavy atom. The van der Waals surface area contributed by atoms with E-state index in [0.29, 0.717) is 24.6 Å². The van der Waals surface area contributed by atoms with Gasteiger partial charge >= 0.3 is 12.0 Å². The third kappa shape index (κ3) is 3.17. The largest absolute Gasteiger partial charge is 0.480 e. The number of carbonyl (C=O) groups is 2. The number of rotatable bonds is 4. The van der Waals surface area contributed by atoms with Crippen LogP contribution in [0.15, 0.2) is 24.3 Å². The van der Waals surface area contributed by atoms with Gasteiger partial charge in [0.1, 0.15) is 6.04 Å². The first kappa shape index (κ1) is 15.4. The van der Waals surface area contributed by atoms with Crippen molar-refractivity contribution in [1.29, 1.82) is 0 Å². The van der Waals surface area contributed by atoms with E-state index in [0.717, 1.165) is 12.0 Å². The zero-order chi connectivity index (χ0) is 15.6. The average Bonchev–Trinajstić information content (AvgIpc) is 2.83. The number of urea groups is 1. The van der Waals surface area contributed by atoms with Crippen LogP contribution in [0.25, 0.3) is 0 Å². The number of fused-ring (bicyclic) bond motifs is 1. The van der Waals surface area contributed by atoms with Gasteiger partial charge in [-0.05, 0) is 24.0 Å². The molecule has 114 valence electrons. The van der Waals surface area contributed by atoms with E-state index >= 15 is 0 Å². The van der Waals surface area contributed by atoms with Gasteiger partial charge in [0.2, 0.25) is 0 Å². The first-order chi connectivity index (χ1) is 9.91. The molecule has 0 aliphatic carbocycles. The Morgan fingerprint density at radius 2 is 2.05 bits per heavy atom. The molecule has 1 aliphatic heterocycles. The van der Waals surface area contributed by atoms with Crippen molar-refractivity contribution in [3.63, 3.8) is 0 Å². The summed E-state index contributed by atoms with van der Waals surface area (Å²) in [6.45, 7) is 4.83. The first-order valence-electron chi connectivity index (χ1n) is 7.27. The second kappa shape index (κ2) is 6.16. The van der Waals surface area contributed by atoms with Crippen LogP contribution in [0, 0.1) is 5.92 Å². The van der Waals surface area contributed by atoms with Crippen molar-refractivity contribution in [2.24, 2.45) is 5.92 Å². The summed E-state index contributed by atoms with van der Waals surface area (Å²) in [6.07, 6.45) is 1.27. The van der Waals surface area contributed by atoms with Crippen molar-refractivity contribution in [3.05, 3.63) is 29.8 Å². The van der Waals surface area contributed by atoms with Gasteiger partial charge in [0.25, 0.3) is 0 Å². The lowest BCUT2D eigenvalue weighted by Gasteiger charge is -2.28. The minimum Gasteiger partial charge on any atom is -0.480 e. The highest BCUT2D eigenvalue weighted by molar-refractivity contribution is 6.00. The summed E-state index contributed by atoms with van der Waals surface area (Å²) in [7, 11) is 1.73. The summed E-state index contributed by atoms with van der Waals surface area (Å²) in [5.41, 5.74) is 1.63. The Balaban J connectivity index is 2.22. The maximum absolute atomic E-state index is 12.6. The van der Waals surface area contributed by atoms with Gasteiger partial charge in [-0.2, -0.15) is 0 Å². The topological polar surface area (TPSA) is 60.9 Å². The van der Waals surface area contributed by atoms with Gasteiger partial charge in [-0.25, -0.2) is 9.59 Å². The molecule has 5 heteroatoms. The molecule has 1 N–H and O–H groups in total. The summed E-state index contributed by atoms with van der Waals surface area (Å²) in [5, 5.41) is 9.39. The van der Waals surface area contributed by atoms with Gasteiger partial charge in [0.05, 0.1) is 0 Å². The van der Waals surface area contributed by atoms with Crippen LogP contribution in [-0.2, 0) is 11.2 Å². The van der Waals surface area contributed by atoms with Gasteiger partial charge in [0.15, 0.2) is 0 Å². The molecule has 0 fully saturated rings. The van der Waals surface area contributed by atoms with E-state index in [1.807, 2.05) is 24.3 Å². The molecule has 1 aliphatic rings. The molecule has 1 atom stereocenters. The number of nitrogens with zero attached hydrogens (tertiary/aromatic N) is 2. The maximum Gasteiger partial charge on any atom is 0.327 e. The molecule has 1 aromatic rings. The SMILES string of the molecule is CC(C)CCN(C)C(=O)N1c2ccccc2CC1C(=O)O. The molecule has 2 amide bonds. The van der Waals surface area contributed by atoms with Crippen molar-refractivity contribution < 1.29 is 14.7 Å². The molecule has 1 heterocycles. The molecule has 2 rings (SSSR count). The fraction of sp³-hybridized carbons (Fsp3) is 0.500. The van der Waals surface area contributed by atoms with E-state index in [2.05, 4.69) is 13.8 Å². The predicted octanol–water partition coefficient (Wildman–Crippen LogP) is 2.60. The first-order valence-corrected chi connectivity index (χ1v) is 7.27. The van der Waals surface area contributed by atoms with Crippen LogP contribution >= 0.6 is 0 Å². The van der Waals surface area contributed by atoms with Crippen molar-refractivity contribution in [2.75, 3.05) is 18.5 Å². The summed E-state index contributed by atoms with van der Waals surface area (Å²) in [4.78, 5) is 27.1. The normalized spacial score (nSPS) is 17.0. The number of anilines is 1. The van der Waals surface area contributed by atoms with E-state index in [9.17, 15) is 14.7 Å². The number of carbonyl (C=O) groups excluding carboxylic acids is 1. The molecule has 0 saturated heterocycles. The van der Waals surface area contributed by atoms with Crippen molar-refractivity contribution in [3.8, 4) is 0 Å². The van der Waals surface area contributed by atoms with Crippen LogP contribution in [0.4, 0.5) is 10.5 Å². The molecule has 21 heavy (non-hydrogen) atoms. The predicted molar refractivity (Wildman–Crippen MR) is 81.5 cm³/mol. The van der Waals surface area contributed by atoms with E-state index in [1.165, 1.54) is 4.90 Å². The summed E-state index contributed by atoms with van der Waals surface area (Å²) >= 11 is 0. The molecule has 1 unspecified atom stereocenters. The molecular formula is C16H22N2O3. The highest BCUT2D eigenvalue weighted by Crippen LogP contribution is 2.32. The lowest BCUT2D eigenvalue weighted by atomic mass is 10.1. The number of benzene rings is 1. The van der Waals surface area contributed by atoms with Gasteiger partial charge in [-0.3, -0.25) is 4.90 Å². The number of carboxylic acid groups (broad SMARTS) is 1. The minimum absolute atomic E-state index is 0.243. The zero-order valence-corrected chi connectivity index (χ0v) is 12.7. The van der Waals surface area contributed by atoms with Gasteiger partial charge < -0.3 is 10.0 Å². The number of hydrogen-bond acceptors (Lipinski definition) is 2. The fourth-order valence-electron chi connectivity index (χ4n) is 2.55. The Labute approximate surface area is 125 Å². The number of amides is 2. The van der Waals surface area contributed by atoms with Crippen LogP contribution in [-0.4, -0.2) is 41.6 Å². The van der Waals surface area contributed by atoms with Crippen molar-refractivity contribution in [1.82, 2.24) is 4.90 Å². The van der Waals surface area contributed by atoms with Crippen molar-refractivity contribution in [2.45, 2.75) is 32.7 Å². The lowest BCUT2D eigenvalue weighted by molar-refractivity contribution is -0.138. The third-order valence-corrected chi connectivity index (χ3v) is 3.84. The average molecular weight is 290 g/mol. The standard InChI is InChI=1S/C16H22N2O3/c1-11(2)8-9-17(3)16(21)18-13-7-5-4-6-12(13)10-14(18)15(19)20/h4-7,11,14H,8-10H2,1-3H3,(H,19,20). The van der Waals surface area contributed by atoms with E-state index in [4.69, 9.17) is 0 Å².